The van der Waals surface area contributed by atoms with Crippen molar-refractivity contribution in [2.45, 2.75) is 37.5 Å². The van der Waals surface area contributed by atoms with Gasteiger partial charge in [-0.2, -0.15) is 0 Å². The number of hydrogen-bond donors (Lipinski definition) is 1. The first-order chi connectivity index (χ1) is 10.7. The van der Waals surface area contributed by atoms with Crippen molar-refractivity contribution in [2.24, 2.45) is 0 Å². The normalized spacial score (nSPS) is 19.5. The van der Waals surface area contributed by atoms with E-state index in [0.717, 1.165) is 31.4 Å². The van der Waals surface area contributed by atoms with Crippen molar-refractivity contribution in [3.8, 4) is 0 Å². The van der Waals surface area contributed by atoms with Crippen LogP contribution in [0.1, 0.15) is 59.5 Å². The number of aromatic amines is 1. The Labute approximate surface area is 126 Å². The molecule has 3 heterocycles. The van der Waals surface area contributed by atoms with E-state index in [9.17, 15) is 9.59 Å². The molecular formula is C15H17N3O4. The van der Waals surface area contributed by atoms with Crippen LogP contribution in [0.2, 0.25) is 0 Å². The van der Waals surface area contributed by atoms with E-state index in [-0.39, 0.29) is 11.8 Å². The van der Waals surface area contributed by atoms with Gasteiger partial charge in [0.05, 0.1) is 11.8 Å². The Bertz CT molecular complexity index is 732. The molecule has 7 nitrogen and oxygen atoms in total. The summed E-state index contributed by atoms with van der Waals surface area (Å²) in [6.45, 7) is 1.27. The topological polar surface area (TPSA) is 92.3 Å². The van der Waals surface area contributed by atoms with E-state index in [1.807, 2.05) is 4.90 Å². The van der Waals surface area contributed by atoms with Crippen molar-refractivity contribution in [1.29, 1.82) is 0 Å². The van der Waals surface area contributed by atoms with E-state index < -0.39 is 5.76 Å². The summed E-state index contributed by atoms with van der Waals surface area (Å²) in [4.78, 5) is 25.5. The molecular weight excluding hydrogens is 286 g/mol. The number of nitrogens with one attached hydrogen (secondary N) is 1. The number of aromatic nitrogens is 2. The molecule has 1 N–H and O–H groups in total. The molecule has 2 aromatic heterocycles. The monoisotopic (exact) mass is 303 g/mol. The maximum atomic E-state index is 12.6. The van der Waals surface area contributed by atoms with E-state index in [0.29, 0.717) is 30.5 Å². The molecule has 4 rings (SSSR count). The molecule has 1 aliphatic carbocycles. The summed E-state index contributed by atoms with van der Waals surface area (Å²) < 4.78 is 10.5. The summed E-state index contributed by atoms with van der Waals surface area (Å²) in [7, 11) is 0. The van der Waals surface area contributed by atoms with E-state index in [4.69, 9.17) is 8.83 Å². The largest absolute Gasteiger partial charge is 0.468 e. The third kappa shape index (κ3) is 2.36. The number of hydrogen-bond acceptors (Lipinski definition) is 5. The van der Waals surface area contributed by atoms with Crippen molar-refractivity contribution in [3.63, 3.8) is 0 Å². The second kappa shape index (κ2) is 5.15. The van der Waals surface area contributed by atoms with Crippen LogP contribution in [0.15, 0.2) is 26.0 Å². The third-order valence-electron chi connectivity index (χ3n) is 4.46. The molecule has 2 aliphatic rings. The summed E-state index contributed by atoms with van der Waals surface area (Å²) in [5.41, 5.74) is 0.701. The Morgan fingerprint density at radius 1 is 1.23 bits per heavy atom. The predicted molar refractivity (Wildman–Crippen MR) is 75.7 cm³/mol. The molecule has 0 bridgehead atoms. The average molecular weight is 303 g/mol. The zero-order valence-electron chi connectivity index (χ0n) is 12.1. The van der Waals surface area contributed by atoms with Crippen LogP contribution in [-0.4, -0.2) is 34.1 Å². The molecule has 1 saturated heterocycles. The first kappa shape index (κ1) is 13.4. The Kier molecular flexibility index (Phi) is 3.13. The van der Waals surface area contributed by atoms with E-state index in [1.165, 1.54) is 0 Å². The lowest BCUT2D eigenvalue weighted by Gasteiger charge is -2.30. The fourth-order valence-corrected chi connectivity index (χ4v) is 3.08. The Hall–Kier alpha value is -2.31. The van der Waals surface area contributed by atoms with E-state index in [2.05, 4.69) is 10.2 Å². The first-order valence-electron chi connectivity index (χ1n) is 7.64. The highest BCUT2D eigenvalue weighted by atomic mass is 16.4. The standard InChI is InChI=1S/C15H17N3O4/c19-14(11-5-8-21-12(11)9-1-2-9)18-6-3-10(4-7-18)13-16-17-15(20)22-13/h5,8-10H,1-4,6-7H2,(H,17,20). The van der Waals surface area contributed by atoms with Crippen molar-refractivity contribution >= 4 is 5.91 Å². The highest BCUT2D eigenvalue weighted by Gasteiger charge is 2.34. The zero-order chi connectivity index (χ0) is 15.1. The third-order valence-corrected chi connectivity index (χ3v) is 4.46. The second-order valence-electron chi connectivity index (χ2n) is 5.99. The number of carbonyl (C=O) groups is 1. The van der Waals surface area contributed by atoms with Gasteiger partial charge in [-0.3, -0.25) is 4.79 Å². The number of piperidine rings is 1. The highest BCUT2D eigenvalue weighted by Crippen LogP contribution is 2.42. The zero-order valence-corrected chi connectivity index (χ0v) is 12.1. The lowest BCUT2D eigenvalue weighted by Crippen LogP contribution is -2.38. The number of nitrogens with zero attached hydrogens (tertiary/aromatic N) is 2. The van der Waals surface area contributed by atoms with Crippen LogP contribution in [0.25, 0.3) is 0 Å². The molecule has 2 aromatic rings. The van der Waals surface area contributed by atoms with Gasteiger partial charge in [0, 0.05) is 24.9 Å². The number of carbonyl (C=O) groups excluding carboxylic acids is 1. The second-order valence-corrected chi connectivity index (χ2v) is 5.99. The lowest BCUT2D eigenvalue weighted by molar-refractivity contribution is 0.0703. The van der Waals surface area contributed by atoms with Crippen molar-refractivity contribution < 1.29 is 13.6 Å². The van der Waals surface area contributed by atoms with Gasteiger partial charge in [0.1, 0.15) is 5.76 Å². The predicted octanol–water partition coefficient (Wildman–Crippen LogP) is 1.85. The number of likely N-dealkylation sites (tertiary alicyclic amines) is 1. The maximum absolute atomic E-state index is 12.6. The number of H-pyrrole nitrogens is 1. The number of rotatable bonds is 3. The van der Waals surface area contributed by atoms with Crippen molar-refractivity contribution in [3.05, 3.63) is 40.1 Å². The fraction of sp³-hybridized carbons (Fsp3) is 0.533. The molecule has 116 valence electrons. The summed E-state index contributed by atoms with van der Waals surface area (Å²) in [5.74, 6) is 1.31. The van der Waals surface area contributed by atoms with Crippen LogP contribution in [0.5, 0.6) is 0 Å². The minimum atomic E-state index is -0.527. The lowest BCUT2D eigenvalue weighted by atomic mass is 9.96. The summed E-state index contributed by atoms with van der Waals surface area (Å²) in [6, 6.07) is 1.77. The highest BCUT2D eigenvalue weighted by molar-refractivity contribution is 5.95. The SMILES string of the molecule is O=C(c1ccoc1C1CC1)N1CCC(c2n[nH]c(=O)o2)CC1. The van der Waals surface area contributed by atoms with Crippen LogP contribution in [-0.2, 0) is 0 Å². The van der Waals surface area contributed by atoms with Crippen LogP contribution in [0, 0.1) is 0 Å². The Morgan fingerprint density at radius 3 is 2.64 bits per heavy atom. The van der Waals surface area contributed by atoms with Gasteiger partial charge in [-0.05, 0) is 31.7 Å². The molecule has 1 aliphatic heterocycles. The van der Waals surface area contributed by atoms with Crippen LogP contribution >= 0.6 is 0 Å². The van der Waals surface area contributed by atoms with E-state index >= 15 is 0 Å². The first-order valence-corrected chi connectivity index (χ1v) is 7.64. The molecule has 2 fully saturated rings. The maximum Gasteiger partial charge on any atom is 0.434 e. The molecule has 7 heteroatoms. The van der Waals surface area contributed by atoms with Crippen LogP contribution in [0.3, 0.4) is 0 Å². The molecule has 1 saturated carbocycles. The van der Waals surface area contributed by atoms with Gasteiger partial charge in [-0.15, -0.1) is 5.10 Å². The summed E-state index contributed by atoms with van der Waals surface area (Å²) >= 11 is 0. The smallest absolute Gasteiger partial charge is 0.434 e. The summed E-state index contributed by atoms with van der Waals surface area (Å²) in [6.07, 6.45) is 5.31. The number of furan rings is 1. The quantitative estimate of drug-likeness (QED) is 0.934. The number of amides is 1. The van der Waals surface area contributed by atoms with Gasteiger partial charge in [-0.25, -0.2) is 9.89 Å². The Morgan fingerprint density at radius 2 is 2.00 bits per heavy atom. The van der Waals surface area contributed by atoms with Gasteiger partial charge in [0.25, 0.3) is 5.91 Å². The minimum absolute atomic E-state index is 0.0394. The van der Waals surface area contributed by atoms with E-state index in [1.54, 1.807) is 12.3 Å². The fourth-order valence-electron chi connectivity index (χ4n) is 3.08. The van der Waals surface area contributed by atoms with Crippen molar-refractivity contribution in [2.75, 3.05) is 13.1 Å². The molecule has 0 atom stereocenters. The molecule has 0 radical (unpaired) electrons. The van der Waals surface area contributed by atoms with Gasteiger partial charge >= 0.3 is 5.76 Å². The minimum Gasteiger partial charge on any atom is -0.468 e. The summed E-state index contributed by atoms with van der Waals surface area (Å²) in [5, 5.41) is 6.17. The van der Waals surface area contributed by atoms with Crippen LogP contribution < -0.4 is 5.76 Å². The van der Waals surface area contributed by atoms with Gasteiger partial charge in [0.2, 0.25) is 5.89 Å². The molecule has 0 unspecified atom stereocenters. The molecule has 1 amide bonds. The molecule has 0 aromatic carbocycles. The van der Waals surface area contributed by atoms with Gasteiger partial charge < -0.3 is 13.7 Å². The van der Waals surface area contributed by atoms with Gasteiger partial charge in [0.15, 0.2) is 0 Å². The molecule has 0 spiro atoms. The average Bonchev–Trinajstić information content (AvgIpc) is 3.10. The van der Waals surface area contributed by atoms with Crippen LogP contribution in [0.4, 0.5) is 0 Å². The Balaban J connectivity index is 1.43. The molecule has 22 heavy (non-hydrogen) atoms. The van der Waals surface area contributed by atoms with Gasteiger partial charge in [-0.1, -0.05) is 0 Å². The van der Waals surface area contributed by atoms with Crippen molar-refractivity contribution in [1.82, 2.24) is 15.1 Å².